The van der Waals surface area contributed by atoms with Crippen molar-refractivity contribution in [2.75, 3.05) is 24.9 Å². The van der Waals surface area contributed by atoms with E-state index in [0.29, 0.717) is 23.0 Å². The lowest BCUT2D eigenvalue weighted by Crippen LogP contribution is -2.20. The van der Waals surface area contributed by atoms with Crippen molar-refractivity contribution in [1.82, 2.24) is 4.98 Å². The molecule has 0 aliphatic carbocycles. The van der Waals surface area contributed by atoms with Crippen LogP contribution in [0.15, 0.2) is 36.5 Å². The molecule has 0 spiro atoms. The minimum absolute atomic E-state index is 0.422. The van der Waals surface area contributed by atoms with Crippen LogP contribution in [0.1, 0.15) is 5.56 Å². The molecule has 6 nitrogen and oxygen atoms in total. The summed E-state index contributed by atoms with van der Waals surface area (Å²) in [4.78, 5) is 16.1. The van der Waals surface area contributed by atoms with Gasteiger partial charge in [-0.15, -0.1) is 0 Å². The maximum atomic E-state index is 12.0. The highest BCUT2D eigenvalue weighted by Gasteiger charge is 2.13. The van der Waals surface area contributed by atoms with Crippen LogP contribution in [0, 0.1) is 6.92 Å². The van der Waals surface area contributed by atoms with Gasteiger partial charge in [0.25, 0.3) is 0 Å². The number of pyridine rings is 1. The van der Waals surface area contributed by atoms with Gasteiger partial charge in [-0.25, -0.2) is 9.78 Å². The molecule has 1 heterocycles. The fourth-order valence-corrected chi connectivity index (χ4v) is 1.78. The van der Waals surface area contributed by atoms with Crippen LogP contribution >= 0.6 is 0 Å². The smallest absolute Gasteiger partial charge is 0.325 e. The number of benzene rings is 1. The normalized spacial score (nSPS) is 9.86. The maximum Gasteiger partial charge on any atom is 0.325 e. The van der Waals surface area contributed by atoms with Gasteiger partial charge < -0.3 is 14.8 Å². The number of carbonyl (C=O) groups is 1. The number of nitrogens with one attached hydrogen (secondary N) is 2. The molecule has 0 unspecified atom stereocenters. The number of para-hydroxylation sites is 1. The topological polar surface area (TPSA) is 72.5 Å². The van der Waals surface area contributed by atoms with Crippen LogP contribution in [0.4, 0.5) is 16.3 Å². The van der Waals surface area contributed by atoms with Gasteiger partial charge in [-0.05, 0) is 30.7 Å². The number of anilines is 2. The standard InChI is InChI=1S/C15H17N3O3/c1-10-7-8-13(16-9-10)17-15(19)18-14-11(20-2)5-4-6-12(14)21-3/h4-9H,1-3H3,(H2,16,17,18,19). The number of methoxy groups -OCH3 is 2. The highest BCUT2D eigenvalue weighted by molar-refractivity contribution is 6.01. The Morgan fingerprint density at radius 1 is 1.05 bits per heavy atom. The molecular weight excluding hydrogens is 270 g/mol. The molecule has 2 amide bonds. The number of carbonyl (C=O) groups excluding carboxylic acids is 1. The molecule has 1 aromatic carbocycles. The molecular formula is C15H17N3O3. The summed E-state index contributed by atoms with van der Waals surface area (Å²) < 4.78 is 10.4. The molecule has 0 radical (unpaired) electrons. The van der Waals surface area contributed by atoms with Gasteiger partial charge in [0.2, 0.25) is 0 Å². The summed E-state index contributed by atoms with van der Waals surface area (Å²) in [5, 5.41) is 5.35. The highest BCUT2D eigenvalue weighted by Crippen LogP contribution is 2.34. The van der Waals surface area contributed by atoms with Gasteiger partial charge >= 0.3 is 6.03 Å². The van der Waals surface area contributed by atoms with Crippen molar-refractivity contribution in [1.29, 1.82) is 0 Å². The second-order valence-corrected chi connectivity index (χ2v) is 4.34. The van der Waals surface area contributed by atoms with Crippen molar-refractivity contribution < 1.29 is 14.3 Å². The quantitative estimate of drug-likeness (QED) is 0.906. The minimum atomic E-state index is -0.422. The molecule has 0 saturated heterocycles. The number of hydrogen-bond donors (Lipinski definition) is 2. The van der Waals surface area contributed by atoms with E-state index in [4.69, 9.17) is 9.47 Å². The second kappa shape index (κ2) is 6.60. The molecule has 0 aliphatic rings. The number of amides is 2. The van der Waals surface area contributed by atoms with Gasteiger partial charge in [0, 0.05) is 6.20 Å². The monoisotopic (exact) mass is 287 g/mol. The van der Waals surface area contributed by atoms with E-state index in [2.05, 4.69) is 15.6 Å². The van der Waals surface area contributed by atoms with E-state index in [1.807, 2.05) is 13.0 Å². The Kier molecular flexibility index (Phi) is 4.61. The largest absolute Gasteiger partial charge is 0.494 e. The number of nitrogens with zero attached hydrogens (tertiary/aromatic N) is 1. The number of urea groups is 1. The first-order valence-electron chi connectivity index (χ1n) is 6.35. The van der Waals surface area contributed by atoms with Gasteiger partial charge in [-0.1, -0.05) is 12.1 Å². The van der Waals surface area contributed by atoms with Crippen molar-refractivity contribution in [3.05, 3.63) is 42.1 Å². The Balaban J connectivity index is 2.14. The minimum Gasteiger partial charge on any atom is -0.494 e. The first-order valence-corrected chi connectivity index (χ1v) is 6.35. The molecule has 0 aliphatic heterocycles. The zero-order valence-electron chi connectivity index (χ0n) is 12.1. The third kappa shape index (κ3) is 3.62. The lowest BCUT2D eigenvalue weighted by Gasteiger charge is -2.14. The molecule has 0 bridgehead atoms. The Morgan fingerprint density at radius 3 is 2.24 bits per heavy atom. The van der Waals surface area contributed by atoms with Gasteiger partial charge in [0.1, 0.15) is 23.0 Å². The van der Waals surface area contributed by atoms with Crippen LogP contribution in [0.2, 0.25) is 0 Å². The van der Waals surface area contributed by atoms with Gasteiger partial charge in [0.15, 0.2) is 0 Å². The van der Waals surface area contributed by atoms with Crippen LogP contribution in [0.25, 0.3) is 0 Å². The first kappa shape index (κ1) is 14.6. The summed E-state index contributed by atoms with van der Waals surface area (Å²) in [6.45, 7) is 1.93. The van der Waals surface area contributed by atoms with Crippen LogP contribution in [0.3, 0.4) is 0 Å². The van der Waals surface area contributed by atoms with Crippen LogP contribution in [-0.4, -0.2) is 25.2 Å². The van der Waals surface area contributed by atoms with Crippen molar-refractivity contribution >= 4 is 17.5 Å². The highest BCUT2D eigenvalue weighted by atomic mass is 16.5. The SMILES string of the molecule is COc1cccc(OC)c1NC(=O)Nc1ccc(C)cn1. The predicted molar refractivity (Wildman–Crippen MR) is 81.2 cm³/mol. The molecule has 0 saturated carbocycles. The molecule has 2 aromatic rings. The van der Waals surface area contributed by atoms with Crippen molar-refractivity contribution in [2.45, 2.75) is 6.92 Å². The maximum absolute atomic E-state index is 12.0. The zero-order chi connectivity index (χ0) is 15.2. The average Bonchev–Trinajstić information content (AvgIpc) is 2.49. The summed E-state index contributed by atoms with van der Waals surface area (Å²) >= 11 is 0. The van der Waals surface area contributed by atoms with E-state index >= 15 is 0 Å². The molecule has 2 N–H and O–H groups in total. The number of aryl methyl sites for hydroxylation is 1. The van der Waals surface area contributed by atoms with E-state index in [1.54, 1.807) is 30.5 Å². The molecule has 110 valence electrons. The average molecular weight is 287 g/mol. The number of aromatic nitrogens is 1. The van der Waals surface area contributed by atoms with E-state index in [9.17, 15) is 4.79 Å². The summed E-state index contributed by atoms with van der Waals surface area (Å²) in [5.74, 6) is 1.50. The Morgan fingerprint density at radius 2 is 1.71 bits per heavy atom. The van der Waals surface area contributed by atoms with Crippen molar-refractivity contribution in [3.63, 3.8) is 0 Å². The van der Waals surface area contributed by atoms with Gasteiger partial charge in [-0.3, -0.25) is 5.32 Å². The third-order valence-electron chi connectivity index (χ3n) is 2.82. The van der Waals surface area contributed by atoms with Crippen LogP contribution in [0.5, 0.6) is 11.5 Å². The van der Waals surface area contributed by atoms with Crippen LogP contribution in [-0.2, 0) is 0 Å². The Hall–Kier alpha value is -2.76. The van der Waals surface area contributed by atoms with E-state index in [-0.39, 0.29) is 0 Å². The Labute approximate surface area is 123 Å². The Bertz CT molecular complexity index is 604. The summed E-state index contributed by atoms with van der Waals surface area (Å²) in [6, 6.07) is 8.43. The molecule has 6 heteroatoms. The second-order valence-electron chi connectivity index (χ2n) is 4.34. The summed E-state index contributed by atoms with van der Waals surface area (Å²) in [6.07, 6.45) is 1.68. The number of hydrogen-bond acceptors (Lipinski definition) is 4. The van der Waals surface area contributed by atoms with E-state index in [1.165, 1.54) is 14.2 Å². The zero-order valence-corrected chi connectivity index (χ0v) is 12.1. The van der Waals surface area contributed by atoms with E-state index < -0.39 is 6.03 Å². The lowest BCUT2D eigenvalue weighted by atomic mass is 10.2. The first-order chi connectivity index (χ1) is 10.1. The molecule has 1 aromatic heterocycles. The van der Waals surface area contributed by atoms with Gasteiger partial charge in [0.05, 0.1) is 14.2 Å². The lowest BCUT2D eigenvalue weighted by molar-refractivity contribution is 0.261. The third-order valence-corrected chi connectivity index (χ3v) is 2.82. The summed E-state index contributed by atoms with van der Waals surface area (Å²) in [5.41, 5.74) is 1.49. The molecule has 21 heavy (non-hydrogen) atoms. The number of rotatable bonds is 4. The van der Waals surface area contributed by atoms with Crippen molar-refractivity contribution in [3.8, 4) is 11.5 Å². The van der Waals surface area contributed by atoms with Crippen molar-refractivity contribution in [2.24, 2.45) is 0 Å². The number of ether oxygens (including phenoxy) is 2. The van der Waals surface area contributed by atoms with Crippen LogP contribution < -0.4 is 20.1 Å². The predicted octanol–water partition coefficient (Wildman–Crippen LogP) is 3.05. The fraction of sp³-hybridized carbons (Fsp3) is 0.200. The van der Waals surface area contributed by atoms with Gasteiger partial charge in [-0.2, -0.15) is 0 Å². The molecule has 0 fully saturated rings. The molecule has 0 atom stereocenters. The summed E-state index contributed by atoms with van der Waals surface area (Å²) in [7, 11) is 3.05. The van der Waals surface area contributed by atoms with E-state index in [0.717, 1.165) is 5.56 Å². The fourth-order valence-electron chi connectivity index (χ4n) is 1.78. The molecule has 2 rings (SSSR count).